The summed E-state index contributed by atoms with van der Waals surface area (Å²) in [4.78, 5) is 41.3. The smallest absolute Gasteiger partial charge is 0.303 e. The summed E-state index contributed by atoms with van der Waals surface area (Å²) in [7, 11) is 0. The van der Waals surface area contributed by atoms with Gasteiger partial charge in [-0.25, -0.2) is 0 Å². The molecule has 81 heavy (non-hydrogen) atoms. The maximum atomic E-state index is 10.3. The van der Waals surface area contributed by atoms with Crippen LogP contribution in [-0.2, 0) is 40.2 Å². The van der Waals surface area contributed by atoms with Gasteiger partial charge in [0.2, 0.25) is 0 Å². The number of hydrogen-bond donors (Lipinski definition) is 4. The molecule has 0 aliphatic heterocycles. The van der Waals surface area contributed by atoms with Crippen LogP contribution in [0.3, 0.4) is 0 Å². The molecule has 0 amide bonds. The molecule has 0 fully saturated rings. The first kappa shape index (κ1) is 87.3. The number of carbonyl (C=O) groups is 4. The van der Waals surface area contributed by atoms with E-state index in [1.165, 1.54) is 283 Å². The fraction of sp³-hybridized carbons (Fsp3) is 0.833. The molecule has 0 rings (SSSR count). The third-order valence-electron chi connectivity index (χ3n) is 14.6. The molecule has 0 saturated carbocycles. The minimum absolute atomic E-state index is 0. The molecule has 0 unspecified atom stereocenters. The zero-order valence-electron chi connectivity index (χ0n) is 54.0. The molecule has 0 atom stereocenters. The van der Waals surface area contributed by atoms with E-state index in [1.54, 1.807) is 0 Å². The molecule has 0 spiro atoms. The van der Waals surface area contributed by atoms with Crippen molar-refractivity contribution in [2.45, 2.75) is 387 Å². The summed E-state index contributed by atoms with van der Waals surface area (Å²) in [6, 6.07) is 0. The summed E-state index contributed by atoms with van der Waals surface area (Å²) >= 11 is 0. The maximum absolute atomic E-state index is 10.3. The predicted molar refractivity (Wildman–Crippen MR) is 348 cm³/mol. The van der Waals surface area contributed by atoms with E-state index in [1.807, 2.05) is 0 Å². The van der Waals surface area contributed by atoms with Crippen molar-refractivity contribution in [3.63, 3.8) is 0 Å². The molecule has 0 saturated heterocycles. The van der Waals surface area contributed by atoms with Crippen LogP contribution in [0, 0.1) is 0 Å². The fourth-order valence-electron chi connectivity index (χ4n) is 9.39. The molecule has 0 aromatic rings. The molecule has 0 heterocycles. The molecule has 0 aliphatic carbocycles. The monoisotopic (exact) mass is 1310 g/mol. The number of carboxylic acid groups (broad SMARTS) is 4. The molecule has 0 bridgehead atoms. The molecular weight excluding hydrogens is 1180 g/mol. The predicted octanol–water partition coefficient (Wildman–Crippen LogP) is 24.4. The molecule has 4 N–H and O–H groups in total. The first-order valence-corrected chi connectivity index (χ1v) is 34.6. The van der Waals surface area contributed by atoms with Crippen molar-refractivity contribution in [3.8, 4) is 0 Å². The average Bonchev–Trinajstić information content (AvgIpc) is 3.43. The number of carboxylic acids is 4. The van der Waals surface area contributed by atoms with Crippen LogP contribution >= 0.6 is 0 Å². The molecule has 9 heteroatoms. The van der Waals surface area contributed by atoms with Crippen LogP contribution in [0.4, 0.5) is 0 Å². The molecule has 478 valence electrons. The van der Waals surface area contributed by atoms with Gasteiger partial charge in [0.15, 0.2) is 0 Å². The summed E-state index contributed by atoms with van der Waals surface area (Å²) in [5.74, 6) is -2.64. The van der Waals surface area contributed by atoms with Crippen LogP contribution < -0.4 is 0 Å². The van der Waals surface area contributed by atoms with Crippen LogP contribution in [0.2, 0.25) is 0 Å². The molecule has 0 aromatic heterocycles. The molecule has 0 radical (unpaired) electrons. The minimum atomic E-state index is -0.661. The molecular formula is C72H136O8W. The van der Waals surface area contributed by atoms with Gasteiger partial charge in [0.25, 0.3) is 0 Å². The van der Waals surface area contributed by atoms with E-state index in [2.05, 4.69) is 76.3 Å². The van der Waals surface area contributed by atoms with Gasteiger partial charge >= 0.3 is 23.9 Å². The topological polar surface area (TPSA) is 149 Å². The Morgan fingerprint density at radius 1 is 0.198 bits per heavy atom. The Morgan fingerprint density at radius 2 is 0.309 bits per heavy atom. The van der Waals surface area contributed by atoms with Gasteiger partial charge in [0, 0.05) is 46.7 Å². The zero-order valence-corrected chi connectivity index (χ0v) is 57.0. The SMILES string of the molecule is CCCCCC/C=C\CCCCCCCCCC(=O)O.CCCCCC/C=C\CCCCCCCCCC(=O)O.CCCCCC/C=C\CCCCCCCCCC(=O)O.CCCCCC/C=C\CCCCCCCCCC(=O)O.[W]. The van der Waals surface area contributed by atoms with E-state index in [9.17, 15) is 19.2 Å². The van der Waals surface area contributed by atoms with Crippen LogP contribution in [-0.4, -0.2) is 44.3 Å². The average molecular weight is 1310 g/mol. The van der Waals surface area contributed by atoms with Crippen molar-refractivity contribution >= 4 is 23.9 Å². The van der Waals surface area contributed by atoms with Crippen LogP contribution in [0.15, 0.2) is 48.6 Å². The second-order valence-electron chi connectivity index (χ2n) is 22.9. The quantitative estimate of drug-likeness (QED) is 0.0347. The van der Waals surface area contributed by atoms with Gasteiger partial charge in [0.1, 0.15) is 0 Å². The summed E-state index contributed by atoms with van der Waals surface area (Å²) in [5, 5.41) is 34.0. The normalized spacial score (nSPS) is 11.1. The van der Waals surface area contributed by atoms with E-state index < -0.39 is 23.9 Å². The number of allylic oxidation sites excluding steroid dienone is 8. The van der Waals surface area contributed by atoms with Crippen molar-refractivity contribution in [1.29, 1.82) is 0 Å². The fourth-order valence-corrected chi connectivity index (χ4v) is 9.39. The summed E-state index contributed by atoms with van der Waals surface area (Å²) < 4.78 is 0. The summed E-state index contributed by atoms with van der Waals surface area (Å²) in [6.07, 6.45) is 85.0. The Morgan fingerprint density at radius 3 is 0.432 bits per heavy atom. The third-order valence-corrected chi connectivity index (χ3v) is 14.6. The molecule has 8 nitrogen and oxygen atoms in total. The molecule has 0 aromatic carbocycles. The Kier molecular flexibility index (Phi) is 90.5. The Balaban J connectivity index is -0.000000316. The van der Waals surface area contributed by atoms with Gasteiger partial charge < -0.3 is 20.4 Å². The van der Waals surface area contributed by atoms with Gasteiger partial charge in [-0.1, -0.05) is 282 Å². The second kappa shape index (κ2) is 84.0. The molecule has 0 aliphatic rings. The van der Waals surface area contributed by atoms with Crippen molar-refractivity contribution in [1.82, 2.24) is 0 Å². The number of unbranched alkanes of at least 4 members (excludes halogenated alkanes) is 44. The zero-order chi connectivity index (χ0) is 59.6. The third kappa shape index (κ3) is 103. The Labute approximate surface area is 517 Å². The maximum Gasteiger partial charge on any atom is 0.303 e. The Bertz CT molecular complexity index is 1140. The van der Waals surface area contributed by atoms with Gasteiger partial charge in [-0.2, -0.15) is 0 Å². The second-order valence-corrected chi connectivity index (χ2v) is 22.9. The Hall–Kier alpha value is -2.47. The van der Waals surface area contributed by atoms with Crippen LogP contribution in [0.25, 0.3) is 0 Å². The van der Waals surface area contributed by atoms with Gasteiger partial charge in [0.05, 0.1) is 0 Å². The first-order valence-electron chi connectivity index (χ1n) is 34.6. The number of rotatable bonds is 60. The van der Waals surface area contributed by atoms with E-state index in [0.29, 0.717) is 25.7 Å². The van der Waals surface area contributed by atoms with E-state index in [4.69, 9.17) is 20.4 Å². The minimum Gasteiger partial charge on any atom is -0.481 e. The van der Waals surface area contributed by atoms with Gasteiger partial charge in [-0.3, -0.25) is 19.2 Å². The van der Waals surface area contributed by atoms with Crippen molar-refractivity contribution < 1.29 is 60.7 Å². The number of aliphatic carboxylic acids is 4. The van der Waals surface area contributed by atoms with Crippen molar-refractivity contribution in [2.24, 2.45) is 0 Å². The van der Waals surface area contributed by atoms with Gasteiger partial charge in [-0.05, 0) is 128 Å². The van der Waals surface area contributed by atoms with Gasteiger partial charge in [-0.15, -0.1) is 0 Å². The summed E-state index contributed by atoms with van der Waals surface area (Å²) in [6.45, 7) is 9.01. The largest absolute Gasteiger partial charge is 0.481 e. The standard InChI is InChI=1S/4C18H34O2.W/c4*1-2-3-4-5-6-7-8-9-10-11-12-13-14-15-16-17-18(19)20;/h4*7-8H,2-6,9-17H2,1H3,(H,19,20);/b4*8-7-;. The number of hydrogen-bond acceptors (Lipinski definition) is 4. The summed E-state index contributed by atoms with van der Waals surface area (Å²) in [5.41, 5.74) is 0. The van der Waals surface area contributed by atoms with Crippen LogP contribution in [0.5, 0.6) is 0 Å². The van der Waals surface area contributed by atoms with Crippen molar-refractivity contribution in [2.75, 3.05) is 0 Å². The van der Waals surface area contributed by atoms with E-state index >= 15 is 0 Å². The van der Waals surface area contributed by atoms with E-state index in [-0.39, 0.29) is 21.1 Å². The van der Waals surface area contributed by atoms with E-state index in [0.717, 1.165) is 51.4 Å². The van der Waals surface area contributed by atoms with Crippen LogP contribution in [0.1, 0.15) is 387 Å². The van der Waals surface area contributed by atoms with Crippen molar-refractivity contribution in [3.05, 3.63) is 48.6 Å². The first-order chi connectivity index (χ1) is 39.1.